The van der Waals surface area contributed by atoms with Crippen molar-refractivity contribution in [1.82, 2.24) is 10.6 Å². The summed E-state index contributed by atoms with van der Waals surface area (Å²) in [5.41, 5.74) is 0.904. The number of carbonyl (C=O) groups excluding carboxylic acids is 3. The Bertz CT molecular complexity index is 807. The second-order valence-corrected chi connectivity index (χ2v) is 6.51. The van der Waals surface area contributed by atoms with Gasteiger partial charge in [-0.15, -0.1) is 0 Å². The summed E-state index contributed by atoms with van der Waals surface area (Å²) in [4.78, 5) is 36.1. The van der Waals surface area contributed by atoms with Crippen LogP contribution in [0, 0.1) is 11.7 Å². The van der Waals surface area contributed by atoms with E-state index in [2.05, 4.69) is 10.6 Å². The fourth-order valence-corrected chi connectivity index (χ4v) is 3.22. The van der Waals surface area contributed by atoms with E-state index in [1.165, 1.54) is 6.07 Å². The van der Waals surface area contributed by atoms with Crippen molar-refractivity contribution >= 4 is 18.0 Å². The van der Waals surface area contributed by atoms with Gasteiger partial charge in [-0.3, -0.25) is 4.79 Å². The normalized spacial score (nSPS) is 24.0. The number of esters is 2. The van der Waals surface area contributed by atoms with Crippen LogP contribution in [0.4, 0.5) is 9.18 Å². The zero-order valence-electron chi connectivity index (χ0n) is 15.1. The molecular formula is C19H21FN2O5. The molecule has 0 aromatic heterocycles. The Morgan fingerprint density at radius 1 is 1.26 bits per heavy atom. The second-order valence-electron chi connectivity index (χ2n) is 6.51. The summed E-state index contributed by atoms with van der Waals surface area (Å²) in [6, 6.07) is 5.28. The number of carbonyl (C=O) groups is 3. The molecule has 3 unspecified atom stereocenters. The highest BCUT2D eigenvalue weighted by atomic mass is 19.1. The van der Waals surface area contributed by atoms with Crippen LogP contribution in [0.25, 0.3) is 0 Å². The maximum absolute atomic E-state index is 13.8. The fraction of sp³-hybridized carbons (Fsp3) is 0.421. The van der Waals surface area contributed by atoms with Gasteiger partial charge in [-0.1, -0.05) is 18.2 Å². The molecular weight excluding hydrogens is 355 g/mol. The Kier molecular flexibility index (Phi) is 5.43. The van der Waals surface area contributed by atoms with E-state index in [1.807, 2.05) is 0 Å². The Morgan fingerprint density at radius 2 is 2.00 bits per heavy atom. The molecule has 1 aromatic carbocycles. The Balaban J connectivity index is 1.66. The molecule has 8 heteroatoms. The summed E-state index contributed by atoms with van der Waals surface area (Å²) >= 11 is 0. The largest absolute Gasteiger partial charge is 0.463 e. The molecule has 2 amide bonds. The molecule has 1 fully saturated rings. The SMILES string of the molecule is CCOC(=O)C1=C(COC(=O)C2CC2c2ccccc2F)NC(=O)NC1C. The van der Waals surface area contributed by atoms with Gasteiger partial charge in [-0.25, -0.2) is 14.0 Å². The molecule has 7 nitrogen and oxygen atoms in total. The number of benzene rings is 1. The average Bonchev–Trinajstić information content (AvgIpc) is 3.40. The number of hydrogen-bond acceptors (Lipinski definition) is 5. The minimum atomic E-state index is -0.584. The smallest absolute Gasteiger partial charge is 0.338 e. The van der Waals surface area contributed by atoms with Crippen LogP contribution in [0.15, 0.2) is 35.5 Å². The minimum Gasteiger partial charge on any atom is -0.463 e. The van der Waals surface area contributed by atoms with Gasteiger partial charge in [0.1, 0.15) is 12.4 Å². The summed E-state index contributed by atoms with van der Waals surface area (Å²) in [6.45, 7) is 3.24. The highest BCUT2D eigenvalue weighted by Crippen LogP contribution is 2.48. The van der Waals surface area contributed by atoms with Gasteiger partial charge in [-0.2, -0.15) is 0 Å². The summed E-state index contributed by atoms with van der Waals surface area (Å²) in [6.07, 6.45) is 0.508. The van der Waals surface area contributed by atoms with E-state index in [0.717, 1.165) is 0 Å². The van der Waals surface area contributed by atoms with Crippen molar-refractivity contribution in [1.29, 1.82) is 0 Å². The minimum absolute atomic E-state index is 0.183. The number of urea groups is 1. The van der Waals surface area contributed by atoms with E-state index < -0.39 is 29.9 Å². The van der Waals surface area contributed by atoms with Gasteiger partial charge in [0, 0.05) is 5.92 Å². The van der Waals surface area contributed by atoms with E-state index in [-0.39, 0.29) is 36.2 Å². The lowest BCUT2D eigenvalue weighted by Gasteiger charge is -2.26. The third-order valence-electron chi connectivity index (χ3n) is 4.62. The molecule has 0 bridgehead atoms. The summed E-state index contributed by atoms with van der Waals surface area (Å²) in [5, 5.41) is 5.06. The number of hydrogen-bond donors (Lipinski definition) is 2. The van der Waals surface area contributed by atoms with Crippen molar-refractivity contribution < 1.29 is 28.2 Å². The third kappa shape index (κ3) is 4.10. The lowest BCUT2D eigenvalue weighted by atomic mass is 10.0. The van der Waals surface area contributed by atoms with Crippen LogP contribution in [0.1, 0.15) is 31.7 Å². The molecule has 1 aliphatic carbocycles. The fourth-order valence-electron chi connectivity index (χ4n) is 3.22. The van der Waals surface area contributed by atoms with Crippen molar-refractivity contribution in [2.45, 2.75) is 32.2 Å². The van der Waals surface area contributed by atoms with Crippen LogP contribution < -0.4 is 10.6 Å². The topological polar surface area (TPSA) is 93.7 Å². The first-order valence-corrected chi connectivity index (χ1v) is 8.81. The predicted molar refractivity (Wildman–Crippen MR) is 93.0 cm³/mol. The first kappa shape index (κ1) is 18.9. The summed E-state index contributed by atoms with van der Waals surface area (Å²) < 4.78 is 24.1. The zero-order valence-corrected chi connectivity index (χ0v) is 15.1. The lowest BCUT2D eigenvalue weighted by Crippen LogP contribution is -2.50. The number of ether oxygens (including phenoxy) is 2. The van der Waals surface area contributed by atoms with Gasteiger partial charge in [-0.05, 0) is 31.9 Å². The number of nitrogens with one attached hydrogen (secondary N) is 2. The van der Waals surface area contributed by atoms with Crippen molar-refractivity contribution in [3.05, 3.63) is 46.9 Å². The quantitative estimate of drug-likeness (QED) is 0.741. The molecule has 0 spiro atoms. The van der Waals surface area contributed by atoms with Crippen LogP contribution in [-0.2, 0) is 19.1 Å². The van der Waals surface area contributed by atoms with Crippen molar-refractivity contribution in [2.24, 2.45) is 5.92 Å². The predicted octanol–water partition coefficient (Wildman–Crippen LogP) is 1.99. The molecule has 1 heterocycles. The van der Waals surface area contributed by atoms with Gasteiger partial charge in [0.05, 0.1) is 29.8 Å². The van der Waals surface area contributed by atoms with Gasteiger partial charge >= 0.3 is 18.0 Å². The molecule has 1 aromatic rings. The Labute approximate surface area is 155 Å². The highest BCUT2D eigenvalue weighted by Gasteiger charge is 2.46. The molecule has 3 rings (SSSR count). The third-order valence-corrected chi connectivity index (χ3v) is 4.62. The maximum Gasteiger partial charge on any atom is 0.338 e. The number of halogens is 1. The van der Waals surface area contributed by atoms with Crippen LogP contribution in [0.2, 0.25) is 0 Å². The van der Waals surface area contributed by atoms with E-state index in [4.69, 9.17) is 9.47 Å². The standard InChI is InChI=1S/C19H21FN2O5/c1-3-26-18(24)16-10(2)21-19(25)22-15(16)9-27-17(23)13-8-12(13)11-6-4-5-7-14(11)20/h4-7,10,12-13H,3,8-9H2,1-2H3,(H2,21,22,25). The van der Waals surface area contributed by atoms with E-state index in [9.17, 15) is 18.8 Å². The van der Waals surface area contributed by atoms with Gasteiger partial charge in [0.25, 0.3) is 0 Å². The molecule has 2 N–H and O–H groups in total. The molecule has 27 heavy (non-hydrogen) atoms. The van der Waals surface area contributed by atoms with Crippen LogP contribution in [0.3, 0.4) is 0 Å². The maximum atomic E-state index is 13.8. The monoisotopic (exact) mass is 376 g/mol. The molecule has 1 aliphatic heterocycles. The van der Waals surface area contributed by atoms with Gasteiger partial charge in [0.2, 0.25) is 0 Å². The van der Waals surface area contributed by atoms with Crippen LogP contribution >= 0.6 is 0 Å². The van der Waals surface area contributed by atoms with E-state index >= 15 is 0 Å². The Hall–Kier alpha value is -2.90. The number of amides is 2. The first-order valence-electron chi connectivity index (χ1n) is 8.81. The van der Waals surface area contributed by atoms with Gasteiger partial charge in [0.15, 0.2) is 0 Å². The Morgan fingerprint density at radius 3 is 2.70 bits per heavy atom. The van der Waals surface area contributed by atoms with Crippen LogP contribution in [0.5, 0.6) is 0 Å². The van der Waals surface area contributed by atoms with Crippen molar-refractivity contribution in [2.75, 3.05) is 13.2 Å². The summed E-state index contributed by atoms with van der Waals surface area (Å²) in [5.74, 6) is -2.05. The molecule has 2 aliphatic rings. The van der Waals surface area contributed by atoms with E-state index in [1.54, 1.807) is 32.0 Å². The zero-order chi connectivity index (χ0) is 19.6. The van der Waals surface area contributed by atoms with Crippen molar-refractivity contribution in [3.8, 4) is 0 Å². The molecule has 0 radical (unpaired) electrons. The summed E-state index contributed by atoms with van der Waals surface area (Å²) in [7, 11) is 0. The molecule has 1 saturated carbocycles. The average molecular weight is 376 g/mol. The van der Waals surface area contributed by atoms with Crippen molar-refractivity contribution in [3.63, 3.8) is 0 Å². The molecule has 144 valence electrons. The van der Waals surface area contributed by atoms with E-state index in [0.29, 0.717) is 12.0 Å². The second kappa shape index (κ2) is 7.77. The highest BCUT2D eigenvalue weighted by molar-refractivity contribution is 5.94. The van der Waals surface area contributed by atoms with Crippen LogP contribution in [-0.4, -0.2) is 37.2 Å². The lowest BCUT2D eigenvalue weighted by molar-refractivity contribution is -0.145. The number of rotatable bonds is 6. The first-order chi connectivity index (χ1) is 12.9. The van der Waals surface area contributed by atoms with Gasteiger partial charge < -0.3 is 20.1 Å². The molecule has 3 atom stereocenters. The molecule has 0 saturated heterocycles.